The summed E-state index contributed by atoms with van der Waals surface area (Å²) in [7, 11) is 0. The molecule has 8 heteroatoms. The van der Waals surface area contributed by atoms with Gasteiger partial charge in [0.1, 0.15) is 0 Å². The molecule has 0 atom stereocenters. The second-order valence-corrected chi connectivity index (χ2v) is 21.0. The van der Waals surface area contributed by atoms with E-state index in [1.165, 1.54) is 127 Å². The van der Waals surface area contributed by atoms with E-state index in [4.69, 9.17) is 0 Å². The van der Waals surface area contributed by atoms with Crippen LogP contribution in [0, 0.1) is 0 Å². The van der Waals surface area contributed by atoms with E-state index < -0.39 is 0 Å². The lowest BCUT2D eigenvalue weighted by atomic mass is 9.31. The van der Waals surface area contributed by atoms with Gasteiger partial charge in [-0.3, -0.25) is 0 Å². The number of hydrogen-bond donors (Lipinski definition) is 0. The molecule has 15 rings (SSSR count). The summed E-state index contributed by atoms with van der Waals surface area (Å²) in [6.45, 7) is 0.157. The molecule has 0 fully saturated rings. The second kappa shape index (κ2) is 12.7. The van der Waals surface area contributed by atoms with Crippen molar-refractivity contribution < 1.29 is 0 Å². The highest BCUT2D eigenvalue weighted by Gasteiger charge is 2.46. The average Bonchev–Trinajstić information content (AvgIpc) is 3.89. The second-order valence-electron chi connectivity index (χ2n) is 16.7. The van der Waals surface area contributed by atoms with E-state index >= 15 is 0 Å². The Hall–Kier alpha value is -6.15. The van der Waals surface area contributed by atoms with Crippen molar-refractivity contribution in [2.24, 2.45) is 0 Å². The molecule has 0 radical (unpaired) electrons. The first-order valence-electron chi connectivity index (χ1n) is 21.1. The molecule has 62 heavy (non-hydrogen) atoms. The van der Waals surface area contributed by atoms with Crippen LogP contribution in [0.25, 0.3) is 40.3 Å². The number of benzene rings is 9. The van der Waals surface area contributed by atoms with Crippen molar-refractivity contribution in [1.29, 1.82) is 0 Å². The standard InChI is InChI=1S/C54H30B2N2S4/c1-3-15-31(16-4-1)57-39-23-11-9-21-35(39)55-38-27-37-44(29-45(38)62-54-50-34-20-8-14-26-43(34)59-46(50)28-41(57)51(54)55)61-48-30-47-49(33-19-7-13-25-42(33)60-47)53-52(48)56(37)36-22-10-12-24-40(36)58(53)32-17-5-2-6-18-32/h1-30H. The quantitative estimate of drug-likeness (QED) is 0.160. The third-order valence-corrected chi connectivity index (χ3v) is 18.1. The van der Waals surface area contributed by atoms with Gasteiger partial charge in [-0.1, -0.05) is 150 Å². The highest BCUT2D eigenvalue weighted by atomic mass is 32.2. The lowest BCUT2D eigenvalue weighted by molar-refractivity contribution is 1.27. The van der Waals surface area contributed by atoms with Crippen molar-refractivity contribution >= 4 is 167 Å². The molecule has 0 spiro atoms. The zero-order valence-corrected chi connectivity index (χ0v) is 36.3. The minimum atomic E-state index is 0.0783. The predicted molar refractivity (Wildman–Crippen MR) is 272 cm³/mol. The fourth-order valence-corrected chi connectivity index (χ4v) is 16.2. The molecule has 0 unspecified atom stereocenters. The third-order valence-electron chi connectivity index (χ3n) is 13.5. The van der Waals surface area contributed by atoms with Crippen LogP contribution in [0.1, 0.15) is 0 Å². The molecule has 0 aliphatic carbocycles. The van der Waals surface area contributed by atoms with Crippen LogP contribution in [0.3, 0.4) is 0 Å². The van der Waals surface area contributed by atoms with Crippen LogP contribution in [0.5, 0.6) is 0 Å². The summed E-state index contributed by atoms with van der Waals surface area (Å²) in [5.41, 5.74) is 15.9. The molecule has 0 N–H and O–H groups in total. The zero-order valence-electron chi connectivity index (χ0n) is 33.0. The van der Waals surface area contributed by atoms with Gasteiger partial charge < -0.3 is 9.80 Å². The van der Waals surface area contributed by atoms with E-state index in [0.717, 1.165) is 0 Å². The Bertz CT molecular complexity index is 3730. The van der Waals surface area contributed by atoms with Crippen LogP contribution < -0.4 is 42.6 Å². The van der Waals surface area contributed by atoms with Gasteiger partial charge in [-0.25, -0.2) is 0 Å². The Balaban J connectivity index is 1.03. The SMILES string of the molecule is c1ccc(N2c3ccccc3B3c4cc5c(cc4Sc4c3c2cc2sc3ccccc3c42)Sc2cc3sc4ccccc4c3c3c2B5c2ccccc2N3c2ccccc2)cc1. The van der Waals surface area contributed by atoms with Crippen LogP contribution in [0.2, 0.25) is 0 Å². The van der Waals surface area contributed by atoms with Crippen LogP contribution in [0.4, 0.5) is 34.1 Å². The fraction of sp³-hybridized carbons (Fsp3) is 0. The molecule has 9 aromatic carbocycles. The summed E-state index contributed by atoms with van der Waals surface area (Å²) >= 11 is 7.82. The molecule has 2 aromatic heterocycles. The van der Waals surface area contributed by atoms with Gasteiger partial charge in [0.2, 0.25) is 13.4 Å². The minimum absolute atomic E-state index is 0.0783. The Morgan fingerprint density at radius 1 is 0.355 bits per heavy atom. The molecule has 2 nitrogen and oxygen atoms in total. The Morgan fingerprint density at radius 3 is 1.58 bits per heavy atom. The van der Waals surface area contributed by atoms with Crippen molar-refractivity contribution in [3.05, 3.63) is 182 Å². The van der Waals surface area contributed by atoms with Crippen LogP contribution in [0.15, 0.2) is 202 Å². The maximum Gasteiger partial charge on any atom is 0.249 e. The summed E-state index contributed by atoms with van der Waals surface area (Å²) in [6.07, 6.45) is 0. The largest absolute Gasteiger partial charge is 0.311 e. The van der Waals surface area contributed by atoms with Crippen molar-refractivity contribution in [3.8, 4) is 0 Å². The normalized spacial score (nSPS) is 14.2. The summed E-state index contributed by atoms with van der Waals surface area (Å²) in [6, 6.07) is 68.7. The predicted octanol–water partition coefficient (Wildman–Crippen LogP) is 12.0. The fourth-order valence-electron chi connectivity index (χ4n) is 11.1. The lowest BCUT2D eigenvalue weighted by Crippen LogP contribution is -2.63. The van der Waals surface area contributed by atoms with Crippen molar-refractivity contribution in [3.63, 3.8) is 0 Å². The summed E-state index contributed by atoms with van der Waals surface area (Å²) in [4.78, 5) is 10.6. The van der Waals surface area contributed by atoms with Gasteiger partial charge in [0, 0.05) is 88.4 Å². The van der Waals surface area contributed by atoms with Crippen LogP contribution in [-0.4, -0.2) is 13.4 Å². The molecule has 11 aromatic rings. The van der Waals surface area contributed by atoms with Gasteiger partial charge in [-0.05, 0) is 88.6 Å². The Morgan fingerprint density at radius 2 is 0.887 bits per heavy atom. The van der Waals surface area contributed by atoms with E-state index in [-0.39, 0.29) is 13.4 Å². The Labute approximate surface area is 375 Å². The molecule has 0 saturated carbocycles. The molecule has 0 amide bonds. The monoisotopic (exact) mass is 856 g/mol. The summed E-state index contributed by atoms with van der Waals surface area (Å²) < 4.78 is 5.37. The average molecular weight is 857 g/mol. The first kappa shape index (κ1) is 34.4. The number of hydrogen-bond acceptors (Lipinski definition) is 6. The topological polar surface area (TPSA) is 6.48 Å². The molecule has 286 valence electrons. The number of thiophene rings is 2. The molecular formula is C54H30B2N2S4. The minimum Gasteiger partial charge on any atom is -0.311 e. The van der Waals surface area contributed by atoms with E-state index in [2.05, 4.69) is 192 Å². The van der Waals surface area contributed by atoms with Gasteiger partial charge in [-0.2, -0.15) is 0 Å². The highest BCUT2D eigenvalue weighted by Crippen LogP contribution is 2.52. The van der Waals surface area contributed by atoms with E-state index in [1.54, 1.807) is 0 Å². The van der Waals surface area contributed by atoms with Gasteiger partial charge >= 0.3 is 0 Å². The first-order valence-corrected chi connectivity index (χ1v) is 24.4. The molecule has 6 heterocycles. The van der Waals surface area contributed by atoms with Crippen LogP contribution in [-0.2, 0) is 0 Å². The Kier molecular flexibility index (Phi) is 7.06. The maximum absolute atomic E-state index is 2.65. The molecule has 0 bridgehead atoms. The van der Waals surface area contributed by atoms with Crippen molar-refractivity contribution in [2.45, 2.75) is 19.6 Å². The van der Waals surface area contributed by atoms with Gasteiger partial charge in [0.15, 0.2) is 0 Å². The number of nitrogens with zero attached hydrogens (tertiary/aromatic N) is 2. The van der Waals surface area contributed by atoms with Gasteiger partial charge in [0.25, 0.3) is 0 Å². The summed E-state index contributed by atoms with van der Waals surface area (Å²) in [5.74, 6) is 0. The molecule has 4 aliphatic rings. The van der Waals surface area contributed by atoms with Crippen LogP contribution >= 0.6 is 46.2 Å². The smallest absolute Gasteiger partial charge is 0.249 e. The van der Waals surface area contributed by atoms with Crippen molar-refractivity contribution in [2.75, 3.05) is 9.80 Å². The van der Waals surface area contributed by atoms with Gasteiger partial charge in [0.05, 0.1) is 5.69 Å². The number of para-hydroxylation sites is 4. The molecule has 4 aliphatic heterocycles. The number of rotatable bonds is 2. The summed E-state index contributed by atoms with van der Waals surface area (Å²) in [5, 5.41) is 5.44. The molecule has 0 saturated heterocycles. The third kappa shape index (κ3) is 4.55. The number of fused-ring (bicyclic) bond motifs is 16. The van der Waals surface area contributed by atoms with Crippen molar-refractivity contribution in [1.82, 2.24) is 0 Å². The number of anilines is 6. The van der Waals surface area contributed by atoms with E-state index in [1.807, 2.05) is 46.2 Å². The zero-order chi connectivity index (χ0) is 40.2. The lowest BCUT2D eigenvalue weighted by Gasteiger charge is -2.42. The van der Waals surface area contributed by atoms with Gasteiger partial charge in [-0.15, -0.1) is 22.7 Å². The first-order chi connectivity index (χ1) is 30.8. The van der Waals surface area contributed by atoms with E-state index in [0.29, 0.717) is 0 Å². The van der Waals surface area contributed by atoms with E-state index in [9.17, 15) is 0 Å². The highest BCUT2D eigenvalue weighted by molar-refractivity contribution is 8.01. The molecular weight excluding hydrogens is 826 g/mol. The maximum atomic E-state index is 2.65.